The number of nitrogens with zero attached hydrogens (tertiary/aromatic N) is 1. The number of fused-ring (bicyclic) bond motifs is 1. The molecule has 0 saturated carbocycles. The summed E-state index contributed by atoms with van der Waals surface area (Å²) < 4.78 is 17.2. The van der Waals surface area contributed by atoms with Crippen LogP contribution in [0.4, 0.5) is 0 Å². The maximum Gasteiger partial charge on any atom is 0.313 e. The lowest BCUT2D eigenvalue weighted by Gasteiger charge is -2.39. The fraction of sp³-hybridized carbons (Fsp3) is 0.452. The van der Waals surface area contributed by atoms with Crippen molar-refractivity contribution in [1.82, 2.24) is 4.90 Å². The van der Waals surface area contributed by atoms with Crippen LogP contribution in [-0.4, -0.2) is 50.3 Å². The van der Waals surface area contributed by atoms with Gasteiger partial charge in [-0.3, -0.25) is 9.69 Å². The van der Waals surface area contributed by atoms with E-state index in [1.807, 2.05) is 19.1 Å². The lowest BCUT2D eigenvalue weighted by Crippen LogP contribution is -2.47. The third-order valence-electron chi connectivity index (χ3n) is 7.19. The molecule has 1 heterocycles. The number of ether oxygens (including phenoxy) is 3. The van der Waals surface area contributed by atoms with Gasteiger partial charge in [-0.25, -0.2) is 0 Å². The van der Waals surface area contributed by atoms with Crippen molar-refractivity contribution in [3.05, 3.63) is 77.4 Å². The van der Waals surface area contributed by atoms with Gasteiger partial charge in [-0.05, 0) is 71.8 Å². The number of esters is 1. The number of hydrogen-bond donors (Lipinski definition) is 0. The lowest BCUT2D eigenvalue weighted by atomic mass is 9.97. The number of hydrogen-bond acceptors (Lipinski definition) is 5. The van der Waals surface area contributed by atoms with E-state index in [0.717, 1.165) is 35.2 Å². The first-order valence-corrected chi connectivity index (χ1v) is 13.0. The molecular formula is C31H39NO4. The molecule has 3 unspecified atom stereocenters. The topological polar surface area (TPSA) is 48.0 Å². The Kier molecular flexibility index (Phi) is 8.65. The van der Waals surface area contributed by atoms with Crippen LogP contribution >= 0.6 is 0 Å². The molecule has 3 aromatic carbocycles. The summed E-state index contributed by atoms with van der Waals surface area (Å²) >= 11 is 0. The molecule has 3 aromatic rings. The maximum atomic E-state index is 12.7. The number of carbonyl (C=O) groups excluding carboxylic acids is 1. The van der Waals surface area contributed by atoms with Gasteiger partial charge in [0, 0.05) is 19.1 Å². The van der Waals surface area contributed by atoms with Gasteiger partial charge in [0.25, 0.3) is 0 Å². The van der Waals surface area contributed by atoms with E-state index >= 15 is 0 Å². The van der Waals surface area contributed by atoms with Crippen LogP contribution in [0, 0.1) is 5.92 Å². The number of benzene rings is 3. The molecule has 0 aromatic heterocycles. The molecule has 0 spiro atoms. The molecule has 1 saturated heterocycles. The van der Waals surface area contributed by atoms with E-state index in [9.17, 15) is 4.79 Å². The summed E-state index contributed by atoms with van der Waals surface area (Å²) in [6.07, 6.45) is 1.02. The Bertz CT molecular complexity index is 1160. The smallest absolute Gasteiger partial charge is 0.313 e. The second-order valence-corrected chi connectivity index (χ2v) is 10.3. The van der Waals surface area contributed by atoms with E-state index in [1.165, 1.54) is 10.9 Å². The molecule has 0 radical (unpaired) electrons. The normalized spacial score (nSPS) is 19.4. The summed E-state index contributed by atoms with van der Waals surface area (Å²) in [6, 6.07) is 21.1. The van der Waals surface area contributed by atoms with E-state index < -0.39 is 0 Å². The van der Waals surface area contributed by atoms with Crippen molar-refractivity contribution in [3.63, 3.8) is 0 Å². The number of carbonyl (C=O) groups is 1. The fourth-order valence-electron chi connectivity index (χ4n) is 5.01. The largest absolute Gasteiger partial charge is 0.497 e. The molecule has 0 amide bonds. The monoisotopic (exact) mass is 489 g/mol. The average Bonchev–Trinajstić information content (AvgIpc) is 2.88. The summed E-state index contributed by atoms with van der Waals surface area (Å²) in [4.78, 5) is 15.1. The van der Waals surface area contributed by atoms with Gasteiger partial charge >= 0.3 is 5.97 Å². The molecule has 1 aliphatic heterocycles. The average molecular weight is 490 g/mol. The van der Waals surface area contributed by atoms with Crippen molar-refractivity contribution in [2.45, 2.75) is 52.2 Å². The van der Waals surface area contributed by atoms with Crippen molar-refractivity contribution in [1.29, 1.82) is 0 Å². The number of methoxy groups -OCH3 is 1. The van der Waals surface area contributed by atoms with Crippen LogP contribution < -0.4 is 4.74 Å². The van der Waals surface area contributed by atoms with E-state index in [4.69, 9.17) is 14.2 Å². The van der Waals surface area contributed by atoms with Crippen LogP contribution in [0.1, 0.15) is 56.4 Å². The SMILES string of the molecule is COc1ccc2cc(C3OCCN(CCOC(=O)C(C)c4ccc(CC(C)C)cc4)C3C)ccc2c1. The third kappa shape index (κ3) is 6.26. The van der Waals surface area contributed by atoms with Crippen molar-refractivity contribution in [2.75, 3.05) is 33.4 Å². The Hall–Kier alpha value is -2.89. The van der Waals surface area contributed by atoms with Gasteiger partial charge in [0.05, 0.1) is 25.7 Å². The summed E-state index contributed by atoms with van der Waals surface area (Å²) in [7, 11) is 1.69. The molecule has 1 aliphatic rings. The fourth-order valence-corrected chi connectivity index (χ4v) is 5.01. The second-order valence-electron chi connectivity index (χ2n) is 10.3. The molecule has 0 aliphatic carbocycles. The molecule has 3 atom stereocenters. The minimum absolute atomic E-state index is 0.0239. The highest BCUT2D eigenvalue weighted by atomic mass is 16.5. The highest BCUT2D eigenvalue weighted by Crippen LogP contribution is 2.31. The van der Waals surface area contributed by atoms with Crippen molar-refractivity contribution in [2.24, 2.45) is 5.92 Å². The molecule has 4 rings (SSSR count). The predicted molar refractivity (Wildman–Crippen MR) is 145 cm³/mol. The Labute approximate surface area is 215 Å². The number of rotatable bonds is 9. The molecule has 5 heteroatoms. The van der Waals surface area contributed by atoms with Gasteiger partial charge in [-0.1, -0.05) is 56.3 Å². The van der Waals surface area contributed by atoms with Crippen LogP contribution in [-0.2, 0) is 20.7 Å². The Morgan fingerprint density at radius 1 is 1.03 bits per heavy atom. The minimum Gasteiger partial charge on any atom is -0.497 e. The zero-order valence-electron chi connectivity index (χ0n) is 22.2. The molecule has 0 N–H and O–H groups in total. The molecular weight excluding hydrogens is 450 g/mol. The Morgan fingerprint density at radius 2 is 1.75 bits per heavy atom. The molecule has 5 nitrogen and oxygen atoms in total. The zero-order chi connectivity index (χ0) is 25.7. The summed E-state index contributed by atoms with van der Waals surface area (Å²) in [5.41, 5.74) is 3.47. The van der Waals surface area contributed by atoms with Gasteiger partial charge < -0.3 is 14.2 Å². The van der Waals surface area contributed by atoms with E-state index in [-0.39, 0.29) is 24.0 Å². The zero-order valence-corrected chi connectivity index (χ0v) is 22.2. The minimum atomic E-state index is -0.274. The third-order valence-corrected chi connectivity index (χ3v) is 7.19. The van der Waals surface area contributed by atoms with Gasteiger partial charge in [0.1, 0.15) is 12.4 Å². The predicted octanol–water partition coefficient (Wildman–Crippen LogP) is 6.16. The summed E-state index contributed by atoms with van der Waals surface area (Å²) in [6.45, 7) is 11.1. The van der Waals surface area contributed by atoms with Crippen LogP contribution in [0.5, 0.6) is 5.75 Å². The molecule has 192 valence electrons. The second kappa shape index (κ2) is 11.9. The van der Waals surface area contributed by atoms with Crippen LogP contribution in [0.15, 0.2) is 60.7 Å². The van der Waals surface area contributed by atoms with Crippen LogP contribution in [0.3, 0.4) is 0 Å². The van der Waals surface area contributed by atoms with E-state index in [2.05, 4.69) is 74.2 Å². The van der Waals surface area contributed by atoms with E-state index in [1.54, 1.807) is 7.11 Å². The van der Waals surface area contributed by atoms with Gasteiger partial charge in [-0.2, -0.15) is 0 Å². The van der Waals surface area contributed by atoms with Crippen molar-refractivity contribution >= 4 is 16.7 Å². The van der Waals surface area contributed by atoms with Crippen LogP contribution in [0.2, 0.25) is 0 Å². The van der Waals surface area contributed by atoms with Crippen molar-refractivity contribution < 1.29 is 19.0 Å². The summed E-state index contributed by atoms with van der Waals surface area (Å²) in [5.74, 6) is 1.03. The van der Waals surface area contributed by atoms with Gasteiger partial charge in [-0.15, -0.1) is 0 Å². The molecule has 1 fully saturated rings. The lowest BCUT2D eigenvalue weighted by molar-refractivity contribution is -0.146. The highest BCUT2D eigenvalue weighted by Gasteiger charge is 2.30. The van der Waals surface area contributed by atoms with E-state index in [0.29, 0.717) is 25.7 Å². The van der Waals surface area contributed by atoms with Gasteiger partial charge in [0.15, 0.2) is 0 Å². The molecule has 36 heavy (non-hydrogen) atoms. The summed E-state index contributed by atoms with van der Waals surface area (Å²) in [5, 5.41) is 2.32. The first-order chi connectivity index (χ1) is 17.4. The molecule has 0 bridgehead atoms. The Balaban J connectivity index is 1.32. The first-order valence-electron chi connectivity index (χ1n) is 13.0. The van der Waals surface area contributed by atoms with Crippen molar-refractivity contribution in [3.8, 4) is 5.75 Å². The Morgan fingerprint density at radius 3 is 2.47 bits per heavy atom. The number of morpholine rings is 1. The maximum absolute atomic E-state index is 12.7. The highest BCUT2D eigenvalue weighted by molar-refractivity contribution is 5.84. The quantitative estimate of drug-likeness (QED) is 0.337. The first kappa shape index (κ1) is 26.2. The van der Waals surface area contributed by atoms with Crippen LogP contribution in [0.25, 0.3) is 10.8 Å². The standard InChI is InChI=1S/C31H39NO4/c1-21(2)18-24-6-8-25(9-7-24)22(3)31(33)36-17-15-32-14-16-35-30(23(32)4)28-11-10-27-20-29(34-5)13-12-26(27)19-28/h6-13,19-23,30H,14-18H2,1-5H3. The van der Waals surface area contributed by atoms with Gasteiger partial charge in [0.2, 0.25) is 0 Å².